The van der Waals surface area contributed by atoms with Gasteiger partial charge >= 0.3 is 0 Å². The molecule has 0 aliphatic rings. The first-order chi connectivity index (χ1) is 7.70. The highest BCUT2D eigenvalue weighted by Crippen LogP contribution is 2.20. The molecule has 1 N–H and O–H groups in total. The van der Waals surface area contributed by atoms with Gasteiger partial charge in [0.1, 0.15) is 5.82 Å². The van der Waals surface area contributed by atoms with E-state index in [1.54, 1.807) is 12.1 Å². The predicted octanol–water partition coefficient (Wildman–Crippen LogP) is 2.52. The molecule has 1 aromatic carbocycles. The van der Waals surface area contributed by atoms with Crippen molar-refractivity contribution in [2.75, 3.05) is 0 Å². The van der Waals surface area contributed by atoms with E-state index in [-0.39, 0.29) is 11.4 Å². The highest BCUT2D eigenvalue weighted by atomic mass is 19.1. The molecule has 82 valence electrons. The normalized spacial score (nSPS) is 10.4. The summed E-state index contributed by atoms with van der Waals surface area (Å²) < 4.78 is 25.7. The number of aromatic nitrogens is 1. The third kappa shape index (κ3) is 2.06. The molecular formula is C12H9F2NO. The summed E-state index contributed by atoms with van der Waals surface area (Å²) in [7, 11) is 0. The summed E-state index contributed by atoms with van der Waals surface area (Å²) in [6.07, 6.45) is 1.35. The third-order valence-electron chi connectivity index (χ3n) is 2.26. The molecule has 0 spiro atoms. The zero-order valence-electron chi connectivity index (χ0n) is 8.32. The Bertz CT molecular complexity index is 497. The third-order valence-corrected chi connectivity index (χ3v) is 2.26. The van der Waals surface area contributed by atoms with Crippen LogP contribution in [0.25, 0.3) is 11.1 Å². The van der Waals surface area contributed by atoms with Gasteiger partial charge in [-0.2, -0.15) is 4.39 Å². The average molecular weight is 221 g/mol. The van der Waals surface area contributed by atoms with Crippen LogP contribution in [0.1, 0.15) is 5.56 Å². The summed E-state index contributed by atoms with van der Waals surface area (Å²) in [6, 6.07) is 7.28. The summed E-state index contributed by atoms with van der Waals surface area (Å²) in [5, 5.41) is 8.89. The second-order valence-corrected chi connectivity index (χ2v) is 3.34. The standard InChI is InChI=1S/C12H9F2NO/c13-11-3-1-8(2-4-11)9-5-10(7-16)12(14)15-6-9/h1-6,16H,7H2. The largest absolute Gasteiger partial charge is 0.392 e. The van der Waals surface area contributed by atoms with Crippen molar-refractivity contribution >= 4 is 0 Å². The second kappa shape index (κ2) is 4.37. The van der Waals surface area contributed by atoms with Gasteiger partial charge in [-0.1, -0.05) is 12.1 Å². The van der Waals surface area contributed by atoms with E-state index in [4.69, 9.17) is 5.11 Å². The van der Waals surface area contributed by atoms with E-state index in [0.717, 1.165) is 5.56 Å². The Kier molecular flexibility index (Phi) is 2.92. The Morgan fingerprint density at radius 2 is 1.75 bits per heavy atom. The zero-order valence-corrected chi connectivity index (χ0v) is 8.32. The number of hydrogen-bond acceptors (Lipinski definition) is 2. The number of nitrogens with zero attached hydrogens (tertiary/aromatic N) is 1. The molecule has 0 unspecified atom stereocenters. The van der Waals surface area contributed by atoms with E-state index < -0.39 is 12.6 Å². The number of benzene rings is 1. The molecule has 0 saturated heterocycles. The monoisotopic (exact) mass is 221 g/mol. The minimum atomic E-state index is -0.687. The molecular weight excluding hydrogens is 212 g/mol. The molecule has 0 bridgehead atoms. The molecule has 1 heterocycles. The lowest BCUT2D eigenvalue weighted by molar-refractivity contribution is 0.274. The Morgan fingerprint density at radius 1 is 1.06 bits per heavy atom. The maximum absolute atomic E-state index is 13.0. The van der Waals surface area contributed by atoms with Gasteiger partial charge in [-0.25, -0.2) is 9.37 Å². The van der Waals surface area contributed by atoms with E-state index in [9.17, 15) is 8.78 Å². The van der Waals surface area contributed by atoms with Crippen molar-refractivity contribution in [3.63, 3.8) is 0 Å². The fourth-order valence-electron chi connectivity index (χ4n) is 1.40. The van der Waals surface area contributed by atoms with E-state index in [1.165, 1.54) is 24.4 Å². The molecule has 0 fully saturated rings. The lowest BCUT2D eigenvalue weighted by Gasteiger charge is -2.04. The van der Waals surface area contributed by atoms with Crippen LogP contribution in [0.3, 0.4) is 0 Å². The van der Waals surface area contributed by atoms with Gasteiger partial charge in [0.2, 0.25) is 5.95 Å². The maximum atomic E-state index is 13.0. The van der Waals surface area contributed by atoms with E-state index in [0.29, 0.717) is 5.56 Å². The van der Waals surface area contributed by atoms with Crippen LogP contribution >= 0.6 is 0 Å². The molecule has 0 saturated carbocycles. The molecule has 0 atom stereocenters. The van der Waals surface area contributed by atoms with Gasteiger partial charge in [0, 0.05) is 17.3 Å². The fraction of sp³-hybridized carbons (Fsp3) is 0.0833. The minimum absolute atomic E-state index is 0.127. The molecule has 0 amide bonds. The highest BCUT2D eigenvalue weighted by molar-refractivity contribution is 5.62. The lowest BCUT2D eigenvalue weighted by atomic mass is 10.1. The summed E-state index contributed by atoms with van der Waals surface area (Å²) in [4.78, 5) is 3.53. The minimum Gasteiger partial charge on any atom is -0.392 e. The highest BCUT2D eigenvalue weighted by Gasteiger charge is 2.05. The van der Waals surface area contributed by atoms with Crippen molar-refractivity contribution in [1.82, 2.24) is 4.98 Å². The molecule has 2 nitrogen and oxygen atoms in total. The summed E-state index contributed by atoms with van der Waals surface area (Å²) in [6.45, 7) is -0.409. The lowest BCUT2D eigenvalue weighted by Crippen LogP contribution is -1.94. The first-order valence-electron chi connectivity index (χ1n) is 4.72. The molecule has 0 aliphatic heterocycles. The van der Waals surface area contributed by atoms with Crippen molar-refractivity contribution in [3.8, 4) is 11.1 Å². The van der Waals surface area contributed by atoms with Gasteiger partial charge < -0.3 is 5.11 Å². The van der Waals surface area contributed by atoms with Crippen LogP contribution in [-0.4, -0.2) is 10.1 Å². The number of pyridine rings is 1. The van der Waals surface area contributed by atoms with Crippen LogP contribution in [0, 0.1) is 11.8 Å². The van der Waals surface area contributed by atoms with Crippen LogP contribution in [0.15, 0.2) is 36.5 Å². The topological polar surface area (TPSA) is 33.1 Å². The van der Waals surface area contributed by atoms with E-state index in [2.05, 4.69) is 4.98 Å². The number of hydrogen-bond donors (Lipinski definition) is 1. The zero-order chi connectivity index (χ0) is 11.5. The quantitative estimate of drug-likeness (QED) is 0.790. The van der Waals surface area contributed by atoms with Crippen LogP contribution in [-0.2, 0) is 6.61 Å². The van der Waals surface area contributed by atoms with Gasteiger partial charge in [-0.05, 0) is 23.8 Å². The Hall–Kier alpha value is -1.81. The number of rotatable bonds is 2. The van der Waals surface area contributed by atoms with Crippen LogP contribution in [0.5, 0.6) is 0 Å². The van der Waals surface area contributed by atoms with Gasteiger partial charge in [0.05, 0.1) is 6.61 Å². The Morgan fingerprint density at radius 3 is 2.38 bits per heavy atom. The Balaban J connectivity index is 2.44. The summed E-state index contributed by atoms with van der Waals surface area (Å²) >= 11 is 0. The van der Waals surface area contributed by atoms with Crippen LogP contribution < -0.4 is 0 Å². The molecule has 4 heteroatoms. The molecule has 0 aliphatic carbocycles. The van der Waals surface area contributed by atoms with Gasteiger partial charge in [-0.15, -0.1) is 0 Å². The number of aliphatic hydroxyl groups excluding tert-OH is 1. The number of halogens is 2. The van der Waals surface area contributed by atoms with Crippen LogP contribution in [0.2, 0.25) is 0 Å². The Labute approximate surface area is 91.2 Å². The SMILES string of the molecule is OCc1cc(-c2ccc(F)cc2)cnc1F. The second-order valence-electron chi connectivity index (χ2n) is 3.34. The first-order valence-corrected chi connectivity index (χ1v) is 4.72. The molecule has 2 rings (SSSR count). The summed E-state index contributed by atoms with van der Waals surface area (Å²) in [5.74, 6) is -1.02. The van der Waals surface area contributed by atoms with Crippen molar-refractivity contribution in [3.05, 3.63) is 53.9 Å². The first kappa shape index (κ1) is 10.7. The van der Waals surface area contributed by atoms with Crippen molar-refractivity contribution < 1.29 is 13.9 Å². The smallest absolute Gasteiger partial charge is 0.218 e. The van der Waals surface area contributed by atoms with Gasteiger partial charge in [0.15, 0.2) is 0 Å². The molecule has 2 aromatic rings. The van der Waals surface area contributed by atoms with Gasteiger partial charge in [0.25, 0.3) is 0 Å². The number of aliphatic hydroxyl groups is 1. The molecule has 16 heavy (non-hydrogen) atoms. The fourth-order valence-corrected chi connectivity index (χ4v) is 1.40. The predicted molar refractivity (Wildman–Crippen MR) is 55.5 cm³/mol. The average Bonchev–Trinajstić information content (AvgIpc) is 2.31. The van der Waals surface area contributed by atoms with Gasteiger partial charge in [-0.3, -0.25) is 0 Å². The molecule has 1 aromatic heterocycles. The van der Waals surface area contributed by atoms with E-state index in [1.807, 2.05) is 0 Å². The maximum Gasteiger partial charge on any atom is 0.218 e. The van der Waals surface area contributed by atoms with Crippen LogP contribution in [0.4, 0.5) is 8.78 Å². The van der Waals surface area contributed by atoms with Crippen molar-refractivity contribution in [1.29, 1.82) is 0 Å². The van der Waals surface area contributed by atoms with E-state index >= 15 is 0 Å². The van der Waals surface area contributed by atoms with Crippen molar-refractivity contribution in [2.24, 2.45) is 0 Å². The van der Waals surface area contributed by atoms with Crippen molar-refractivity contribution in [2.45, 2.75) is 6.61 Å². The molecule has 0 radical (unpaired) electrons. The summed E-state index contributed by atoms with van der Waals surface area (Å²) in [5.41, 5.74) is 1.50.